The lowest BCUT2D eigenvalue weighted by Gasteiger charge is -2.38. The number of nitrogens with zero attached hydrogens (tertiary/aromatic N) is 1. The lowest BCUT2D eigenvalue weighted by atomic mass is 9.73. The molecule has 0 radical (unpaired) electrons. The molecule has 5 rings (SSSR count). The van der Waals surface area contributed by atoms with Crippen LogP contribution < -0.4 is 5.32 Å². The number of carbonyl (C=O) groups is 1. The molecule has 0 bridgehead atoms. The highest BCUT2D eigenvalue weighted by molar-refractivity contribution is 7.89. The zero-order valence-corrected chi connectivity index (χ0v) is 22.0. The molecule has 2 aliphatic heterocycles. The fourth-order valence-corrected chi connectivity index (χ4v) is 7.88. The van der Waals surface area contributed by atoms with E-state index in [1.165, 1.54) is 10.4 Å². The first kappa shape index (κ1) is 26.3. The highest BCUT2D eigenvalue weighted by atomic mass is 32.2. The molecule has 0 aromatic heterocycles. The lowest BCUT2D eigenvalue weighted by molar-refractivity contribution is -0.131. The summed E-state index contributed by atoms with van der Waals surface area (Å²) >= 11 is 0. The third kappa shape index (κ3) is 4.94. The first-order valence-electron chi connectivity index (χ1n) is 13.1. The quantitative estimate of drug-likeness (QED) is 0.571. The van der Waals surface area contributed by atoms with Crippen molar-refractivity contribution in [3.8, 4) is 0 Å². The van der Waals surface area contributed by atoms with Gasteiger partial charge in [-0.25, -0.2) is 12.8 Å². The van der Waals surface area contributed by atoms with Crippen LogP contribution >= 0.6 is 0 Å². The number of halogens is 1. The van der Waals surface area contributed by atoms with Crippen LogP contribution in [0.25, 0.3) is 0 Å². The Labute approximate surface area is 218 Å². The number of aliphatic hydroxyl groups excluding tert-OH is 1. The third-order valence-electron chi connectivity index (χ3n) is 8.44. The molecule has 37 heavy (non-hydrogen) atoms. The lowest BCUT2D eigenvalue weighted by Crippen LogP contribution is -2.52. The molecule has 9 heteroatoms. The molecule has 7 nitrogen and oxygen atoms in total. The van der Waals surface area contributed by atoms with Gasteiger partial charge in [0.25, 0.3) is 0 Å². The van der Waals surface area contributed by atoms with E-state index in [1.807, 2.05) is 37.3 Å². The summed E-state index contributed by atoms with van der Waals surface area (Å²) < 4.78 is 49.7. The molecule has 200 valence electrons. The predicted molar refractivity (Wildman–Crippen MR) is 138 cm³/mol. The largest absolute Gasteiger partial charge is 0.394 e. The van der Waals surface area contributed by atoms with Gasteiger partial charge < -0.3 is 15.2 Å². The second kappa shape index (κ2) is 10.1. The summed E-state index contributed by atoms with van der Waals surface area (Å²) in [4.78, 5) is 13.5. The molecule has 2 heterocycles. The summed E-state index contributed by atoms with van der Waals surface area (Å²) in [5, 5.41) is 12.1. The number of benzene rings is 2. The van der Waals surface area contributed by atoms with E-state index in [4.69, 9.17) is 4.74 Å². The van der Waals surface area contributed by atoms with Gasteiger partial charge in [-0.15, -0.1) is 0 Å². The minimum Gasteiger partial charge on any atom is -0.394 e. The molecule has 0 spiro atoms. The van der Waals surface area contributed by atoms with Gasteiger partial charge in [-0.05, 0) is 62.6 Å². The van der Waals surface area contributed by atoms with Gasteiger partial charge in [-0.3, -0.25) is 4.79 Å². The molecule has 1 saturated carbocycles. The summed E-state index contributed by atoms with van der Waals surface area (Å²) in [6.07, 6.45) is 3.49. The summed E-state index contributed by atoms with van der Waals surface area (Å²) in [5.41, 5.74) is 0.0590. The van der Waals surface area contributed by atoms with Gasteiger partial charge in [-0.2, -0.15) is 4.31 Å². The summed E-state index contributed by atoms with van der Waals surface area (Å²) in [7, 11) is -3.69. The predicted octanol–water partition coefficient (Wildman–Crippen LogP) is 3.57. The third-order valence-corrected chi connectivity index (χ3v) is 10.8. The van der Waals surface area contributed by atoms with Crippen LogP contribution in [0.3, 0.4) is 0 Å². The Bertz CT molecular complexity index is 1240. The van der Waals surface area contributed by atoms with Gasteiger partial charge in [-0.1, -0.05) is 42.5 Å². The highest BCUT2D eigenvalue weighted by Crippen LogP contribution is 2.41. The van der Waals surface area contributed by atoms with Crippen molar-refractivity contribution >= 4 is 15.9 Å². The van der Waals surface area contributed by atoms with E-state index >= 15 is 4.39 Å². The number of ether oxygens (including phenoxy) is 1. The number of hydrogen-bond acceptors (Lipinski definition) is 5. The zero-order chi connectivity index (χ0) is 26.3. The van der Waals surface area contributed by atoms with E-state index in [0.717, 1.165) is 18.4 Å². The van der Waals surface area contributed by atoms with Crippen LogP contribution in [0.4, 0.5) is 4.39 Å². The number of nitrogens with one attached hydrogen (secondary N) is 1. The minimum atomic E-state index is -3.69. The molecule has 3 fully saturated rings. The number of carbonyl (C=O) groups excluding carboxylic acids is 1. The first-order chi connectivity index (χ1) is 17.7. The normalized spacial score (nSPS) is 26.4. The van der Waals surface area contributed by atoms with Gasteiger partial charge in [0.1, 0.15) is 11.1 Å². The Morgan fingerprint density at radius 3 is 2.43 bits per heavy atom. The Balaban J connectivity index is 1.41. The van der Waals surface area contributed by atoms with E-state index in [2.05, 4.69) is 5.32 Å². The average Bonchev–Trinajstić information content (AvgIpc) is 3.67. The van der Waals surface area contributed by atoms with Crippen molar-refractivity contribution in [2.45, 2.75) is 74.2 Å². The van der Waals surface area contributed by atoms with Gasteiger partial charge in [0.2, 0.25) is 15.9 Å². The Kier molecular flexibility index (Phi) is 7.17. The second-order valence-electron chi connectivity index (χ2n) is 10.8. The van der Waals surface area contributed by atoms with Crippen molar-refractivity contribution in [2.75, 3.05) is 19.8 Å². The number of amides is 1. The Hall–Kier alpha value is -2.33. The molecule has 2 N–H and O–H groups in total. The van der Waals surface area contributed by atoms with E-state index in [0.29, 0.717) is 44.5 Å². The average molecular weight is 531 g/mol. The van der Waals surface area contributed by atoms with E-state index in [9.17, 15) is 18.3 Å². The number of hydrogen-bond donors (Lipinski definition) is 2. The molecule has 2 aromatic rings. The van der Waals surface area contributed by atoms with Gasteiger partial charge in [0, 0.05) is 31.4 Å². The smallest absolute Gasteiger partial charge is 0.231 e. The maximum atomic E-state index is 15.6. The molecule has 2 saturated heterocycles. The second-order valence-corrected chi connectivity index (χ2v) is 12.9. The van der Waals surface area contributed by atoms with E-state index in [-0.39, 0.29) is 30.7 Å². The Morgan fingerprint density at radius 1 is 1.11 bits per heavy atom. The van der Waals surface area contributed by atoms with Crippen molar-refractivity contribution < 1.29 is 27.4 Å². The number of aliphatic hydroxyl groups is 1. The molecule has 3 aliphatic rings. The topological polar surface area (TPSA) is 95.9 Å². The molecule has 1 aliphatic carbocycles. The maximum absolute atomic E-state index is 15.6. The summed E-state index contributed by atoms with van der Waals surface area (Å²) in [5.74, 6) is -0.740. The summed E-state index contributed by atoms with van der Waals surface area (Å²) in [6.45, 7) is 2.45. The van der Waals surface area contributed by atoms with Gasteiger partial charge in [0.15, 0.2) is 0 Å². The van der Waals surface area contributed by atoms with Crippen LogP contribution in [0, 0.1) is 5.82 Å². The van der Waals surface area contributed by atoms with Crippen LogP contribution in [0.1, 0.15) is 67.4 Å². The SMILES string of the molecule is C[C@H]1CC[C@H](c2ccccc2)S(=O)(=O)N1Cc1ccc(C2(C(=O)NC3(CO)CC3)CCOCC2)cc1F. The van der Waals surface area contributed by atoms with Crippen LogP contribution in [0.5, 0.6) is 0 Å². The molecule has 2 atom stereocenters. The van der Waals surface area contributed by atoms with Crippen molar-refractivity contribution in [1.29, 1.82) is 0 Å². The van der Waals surface area contributed by atoms with Crippen molar-refractivity contribution in [3.05, 3.63) is 71.0 Å². The van der Waals surface area contributed by atoms with Crippen molar-refractivity contribution in [2.24, 2.45) is 0 Å². The van der Waals surface area contributed by atoms with Crippen molar-refractivity contribution in [1.82, 2.24) is 9.62 Å². The fraction of sp³-hybridized carbons (Fsp3) is 0.536. The number of sulfonamides is 1. The molecule has 2 aromatic carbocycles. The van der Waals surface area contributed by atoms with Crippen LogP contribution in [0.2, 0.25) is 0 Å². The standard InChI is InChI=1S/C28H35FN2O5S/c1-20-7-10-25(21-5-3-2-4-6-21)37(34,35)31(20)18-22-8-9-23(17-24(22)29)28(13-15-36-16-14-28)26(33)30-27(19-32)11-12-27/h2-6,8-9,17,20,25,32H,7,10-16,18-19H2,1H3,(H,30,33)/t20-,25+/m0/s1. The van der Waals surface area contributed by atoms with Crippen LogP contribution in [-0.4, -0.2) is 55.1 Å². The minimum absolute atomic E-state index is 0.0606. The number of rotatable bonds is 7. The van der Waals surface area contributed by atoms with E-state index in [1.54, 1.807) is 12.1 Å². The molecular weight excluding hydrogens is 495 g/mol. The van der Waals surface area contributed by atoms with Crippen molar-refractivity contribution in [3.63, 3.8) is 0 Å². The zero-order valence-electron chi connectivity index (χ0n) is 21.2. The van der Waals surface area contributed by atoms with Crippen LogP contribution in [0.15, 0.2) is 48.5 Å². The molecular formula is C28H35FN2O5S. The van der Waals surface area contributed by atoms with Crippen LogP contribution in [-0.2, 0) is 31.5 Å². The van der Waals surface area contributed by atoms with E-state index < -0.39 is 32.0 Å². The maximum Gasteiger partial charge on any atom is 0.231 e. The molecule has 0 unspecified atom stereocenters. The summed E-state index contributed by atoms with van der Waals surface area (Å²) in [6, 6.07) is 13.7. The highest BCUT2D eigenvalue weighted by Gasteiger charge is 2.49. The first-order valence-corrected chi connectivity index (χ1v) is 14.6. The fourth-order valence-electron chi connectivity index (χ4n) is 5.69. The van der Waals surface area contributed by atoms with Gasteiger partial charge in [0.05, 0.1) is 17.6 Å². The Morgan fingerprint density at radius 2 is 1.81 bits per heavy atom. The monoisotopic (exact) mass is 530 g/mol. The van der Waals surface area contributed by atoms with Gasteiger partial charge >= 0.3 is 0 Å². The molecule has 1 amide bonds.